The lowest BCUT2D eigenvalue weighted by Gasteiger charge is -2.06. The van der Waals surface area contributed by atoms with E-state index < -0.39 is 0 Å². The van der Waals surface area contributed by atoms with Crippen molar-refractivity contribution in [3.8, 4) is 11.4 Å². The topological polar surface area (TPSA) is 130 Å². The van der Waals surface area contributed by atoms with Gasteiger partial charge >= 0.3 is 0 Å². The van der Waals surface area contributed by atoms with Crippen molar-refractivity contribution in [1.29, 1.82) is 0 Å². The minimum atomic E-state index is -0.337. The van der Waals surface area contributed by atoms with Gasteiger partial charge in [-0.3, -0.25) is 14.6 Å². The summed E-state index contributed by atoms with van der Waals surface area (Å²) in [6.07, 6.45) is 4.17. The highest BCUT2D eigenvalue weighted by Crippen LogP contribution is 2.31. The number of aromatic amines is 2. The molecule has 3 aromatic heterocycles. The Hall–Kier alpha value is -4.46. The van der Waals surface area contributed by atoms with Crippen molar-refractivity contribution in [2.24, 2.45) is 0 Å². The molecule has 0 radical (unpaired) electrons. The minimum Gasteiger partial charge on any atom is -0.396 e. The molecule has 2 aromatic carbocycles. The highest BCUT2D eigenvalue weighted by atomic mass is 16.1. The SMILES string of the molecule is Nc1c(-c2nc3ccccc3[nH]c2=O)[nH]c2ccc(C(=O)NCCc3ccncc3)cc12. The van der Waals surface area contributed by atoms with E-state index in [1.807, 2.05) is 30.3 Å². The highest BCUT2D eigenvalue weighted by Gasteiger charge is 2.17. The molecule has 0 fully saturated rings. The summed E-state index contributed by atoms with van der Waals surface area (Å²) in [6.45, 7) is 0.505. The second-order valence-corrected chi connectivity index (χ2v) is 7.47. The number of pyridine rings is 1. The summed E-state index contributed by atoms with van der Waals surface area (Å²) < 4.78 is 0. The quantitative estimate of drug-likeness (QED) is 0.345. The average molecular weight is 424 g/mol. The van der Waals surface area contributed by atoms with E-state index in [9.17, 15) is 9.59 Å². The second kappa shape index (κ2) is 7.99. The van der Waals surface area contributed by atoms with Crippen LogP contribution in [-0.2, 0) is 6.42 Å². The third-order valence-corrected chi connectivity index (χ3v) is 5.39. The molecule has 3 heterocycles. The van der Waals surface area contributed by atoms with Crippen molar-refractivity contribution in [1.82, 2.24) is 25.3 Å². The molecule has 0 saturated heterocycles. The molecule has 0 aliphatic carbocycles. The van der Waals surface area contributed by atoms with Crippen LogP contribution in [0.2, 0.25) is 0 Å². The molecule has 8 heteroatoms. The number of anilines is 1. The summed E-state index contributed by atoms with van der Waals surface area (Å²) in [5.74, 6) is -0.190. The zero-order chi connectivity index (χ0) is 22.1. The molecule has 5 N–H and O–H groups in total. The summed E-state index contributed by atoms with van der Waals surface area (Å²) in [6, 6.07) is 16.4. The average Bonchev–Trinajstić information content (AvgIpc) is 3.15. The monoisotopic (exact) mass is 424 g/mol. The van der Waals surface area contributed by atoms with E-state index >= 15 is 0 Å². The largest absolute Gasteiger partial charge is 0.396 e. The standard InChI is InChI=1S/C24H20N6O2/c25-20-16-13-15(23(31)27-12-9-14-7-10-26-11-8-14)5-6-17(16)28-21(20)22-24(32)30-19-4-2-1-3-18(19)29-22/h1-8,10-11,13,28H,9,12,25H2,(H,27,31)(H,30,32). The molecule has 158 valence electrons. The van der Waals surface area contributed by atoms with Gasteiger partial charge in [0.25, 0.3) is 11.5 Å². The summed E-state index contributed by atoms with van der Waals surface area (Å²) in [5, 5.41) is 3.58. The van der Waals surface area contributed by atoms with Crippen LogP contribution in [0, 0.1) is 0 Å². The number of hydrogen-bond acceptors (Lipinski definition) is 5. The maximum absolute atomic E-state index is 12.6. The molecular formula is C24H20N6O2. The van der Waals surface area contributed by atoms with Crippen LogP contribution in [0.3, 0.4) is 0 Å². The lowest BCUT2D eigenvalue weighted by Crippen LogP contribution is -2.25. The van der Waals surface area contributed by atoms with Crippen molar-refractivity contribution >= 4 is 33.5 Å². The number of aromatic nitrogens is 4. The molecular weight excluding hydrogens is 404 g/mol. The van der Waals surface area contributed by atoms with Gasteiger partial charge in [-0.05, 0) is 54.4 Å². The molecule has 0 unspecified atom stereocenters. The number of rotatable bonds is 5. The smallest absolute Gasteiger partial charge is 0.276 e. The minimum absolute atomic E-state index is 0.190. The van der Waals surface area contributed by atoms with Crippen LogP contribution in [0.15, 0.2) is 71.8 Å². The predicted octanol–water partition coefficient (Wildman–Crippen LogP) is 3.02. The zero-order valence-corrected chi connectivity index (χ0v) is 17.1. The molecule has 0 bridgehead atoms. The molecule has 0 aliphatic heterocycles. The third kappa shape index (κ3) is 3.58. The first-order chi connectivity index (χ1) is 15.6. The Bertz CT molecular complexity index is 1500. The van der Waals surface area contributed by atoms with Crippen molar-refractivity contribution < 1.29 is 4.79 Å². The Morgan fingerprint density at radius 2 is 1.81 bits per heavy atom. The summed E-state index contributed by atoms with van der Waals surface area (Å²) >= 11 is 0. The molecule has 1 amide bonds. The number of amides is 1. The van der Waals surface area contributed by atoms with E-state index in [1.54, 1.807) is 36.7 Å². The van der Waals surface area contributed by atoms with Crippen LogP contribution in [0.5, 0.6) is 0 Å². The number of carbonyl (C=O) groups is 1. The molecule has 0 aliphatic rings. The predicted molar refractivity (Wildman–Crippen MR) is 124 cm³/mol. The van der Waals surface area contributed by atoms with Crippen molar-refractivity contribution in [3.63, 3.8) is 0 Å². The van der Waals surface area contributed by atoms with Gasteiger partial charge in [0.1, 0.15) is 0 Å². The maximum atomic E-state index is 12.6. The van der Waals surface area contributed by atoms with Gasteiger partial charge in [-0.1, -0.05) is 12.1 Å². The molecule has 0 saturated carbocycles. The number of para-hydroxylation sites is 2. The zero-order valence-electron chi connectivity index (χ0n) is 17.1. The molecule has 0 atom stereocenters. The van der Waals surface area contributed by atoms with Gasteiger partial charge in [-0.25, -0.2) is 4.98 Å². The number of hydrogen-bond donors (Lipinski definition) is 4. The Labute approximate surface area is 182 Å². The van der Waals surface area contributed by atoms with Crippen molar-refractivity contribution in [2.45, 2.75) is 6.42 Å². The first-order valence-corrected chi connectivity index (χ1v) is 10.2. The van der Waals surface area contributed by atoms with Crippen molar-refractivity contribution in [3.05, 3.63) is 88.5 Å². The van der Waals surface area contributed by atoms with Crippen LogP contribution >= 0.6 is 0 Å². The number of nitrogens with two attached hydrogens (primary N) is 1. The van der Waals surface area contributed by atoms with E-state index in [0.29, 0.717) is 46.3 Å². The van der Waals surface area contributed by atoms with Crippen LogP contribution in [0.25, 0.3) is 33.3 Å². The van der Waals surface area contributed by atoms with Crippen LogP contribution in [-0.4, -0.2) is 32.4 Å². The lowest BCUT2D eigenvalue weighted by atomic mass is 10.1. The van der Waals surface area contributed by atoms with Gasteiger partial charge in [0.2, 0.25) is 0 Å². The molecule has 0 spiro atoms. The van der Waals surface area contributed by atoms with E-state index in [2.05, 4.69) is 25.3 Å². The molecule has 5 rings (SSSR count). The highest BCUT2D eigenvalue weighted by molar-refractivity contribution is 6.04. The first-order valence-electron chi connectivity index (χ1n) is 10.2. The Morgan fingerprint density at radius 3 is 2.66 bits per heavy atom. The third-order valence-electron chi connectivity index (χ3n) is 5.39. The number of nitrogens with one attached hydrogen (secondary N) is 3. The summed E-state index contributed by atoms with van der Waals surface area (Å²) in [5.41, 5.74) is 10.7. The van der Waals surface area contributed by atoms with Gasteiger partial charge in [-0.2, -0.15) is 0 Å². The van der Waals surface area contributed by atoms with Gasteiger partial charge in [0.05, 0.1) is 22.4 Å². The number of nitrogens with zero attached hydrogens (tertiary/aromatic N) is 2. The molecule has 5 aromatic rings. The first kappa shape index (κ1) is 19.5. The van der Waals surface area contributed by atoms with Crippen LogP contribution in [0.4, 0.5) is 5.69 Å². The van der Waals surface area contributed by atoms with E-state index in [1.165, 1.54) is 0 Å². The van der Waals surface area contributed by atoms with Gasteiger partial charge in [-0.15, -0.1) is 0 Å². The van der Waals surface area contributed by atoms with E-state index in [0.717, 1.165) is 11.1 Å². The number of fused-ring (bicyclic) bond motifs is 2. The number of carbonyl (C=O) groups excluding carboxylic acids is 1. The van der Waals surface area contributed by atoms with Crippen LogP contribution in [0.1, 0.15) is 15.9 Å². The summed E-state index contributed by atoms with van der Waals surface area (Å²) in [7, 11) is 0. The van der Waals surface area contributed by atoms with Crippen LogP contribution < -0.4 is 16.6 Å². The maximum Gasteiger partial charge on any atom is 0.276 e. The van der Waals surface area contributed by atoms with Gasteiger partial charge in [0.15, 0.2) is 5.69 Å². The summed E-state index contributed by atoms with van der Waals surface area (Å²) in [4.78, 5) is 39.7. The fraction of sp³-hybridized carbons (Fsp3) is 0.0833. The normalized spacial score (nSPS) is 11.1. The Kier molecular flexibility index (Phi) is 4.87. The van der Waals surface area contributed by atoms with Gasteiger partial charge in [0, 0.05) is 35.4 Å². The fourth-order valence-corrected chi connectivity index (χ4v) is 3.71. The second-order valence-electron chi connectivity index (χ2n) is 7.47. The van der Waals surface area contributed by atoms with Crippen molar-refractivity contribution in [2.75, 3.05) is 12.3 Å². The van der Waals surface area contributed by atoms with E-state index in [4.69, 9.17) is 5.73 Å². The molecule has 32 heavy (non-hydrogen) atoms. The molecule has 8 nitrogen and oxygen atoms in total. The number of H-pyrrole nitrogens is 2. The lowest BCUT2D eigenvalue weighted by molar-refractivity contribution is 0.0954. The number of benzene rings is 2. The van der Waals surface area contributed by atoms with E-state index in [-0.39, 0.29) is 17.2 Å². The van der Waals surface area contributed by atoms with Gasteiger partial charge < -0.3 is 21.0 Å². The number of nitrogen functional groups attached to an aromatic ring is 1. The Balaban J connectivity index is 1.43. The Morgan fingerprint density at radius 1 is 1.00 bits per heavy atom. The fourth-order valence-electron chi connectivity index (χ4n) is 3.71.